The molecule has 1 atom stereocenters. The van der Waals surface area contributed by atoms with Crippen molar-refractivity contribution in [3.63, 3.8) is 0 Å². The SMILES string of the molecule is CN=C(NCCSc1ccccc1F)NCC1CC(=O)N(CCc2ccccc2)C1.I. The molecular weight excluding hydrogens is 526 g/mol. The molecule has 1 aliphatic rings. The maximum Gasteiger partial charge on any atom is 0.223 e. The zero-order chi connectivity index (χ0) is 21.2. The summed E-state index contributed by atoms with van der Waals surface area (Å²) in [6.45, 7) is 2.91. The molecule has 168 valence electrons. The van der Waals surface area contributed by atoms with Crippen LogP contribution in [0.3, 0.4) is 0 Å². The van der Waals surface area contributed by atoms with Gasteiger partial charge in [0.15, 0.2) is 5.96 Å². The normalized spacial score (nSPS) is 16.2. The number of carbonyl (C=O) groups excluding carboxylic acids is 1. The van der Waals surface area contributed by atoms with Crippen LogP contribution in [0.2, 0.25) is 0 Å². The van der Waals surface area contributed by atoms with Gasteiger partial charge in [-0.05, 0) is 24.1 Å². The fraction of sp³-hybridized carbons (Fsp3) is 0.391. The molecule has 8 heteroatoms. The van der Waals surface area contributed by atoms with E-state index >= 15 is 0 Å². The average Bonchev–Trinajstić information content (AvgIpc) is 3.13. The highest BCUT2D eigenvalue weighted by Gasteiger charge is 2.29. The quantitative estimate of drug-likeness (QED) is 0.162. The molecule has 0 saturated carbocycles. The van der Waals surface area contributed by atoms with Gasteiger partial charge in [-0.3, -0.25) is 9.79 Å². The lowest BCUT2D eigenvalue weighted by molar-refractivity contribution is -0.127. The number of amides is 1. The summed E-state index contributed by atoms with van der Waals surface area (Å²) in [7, 11) is 1.73. The summed E-state index contributed by atoms with van der Waals surface area (Å²) in [5.74, 6) is 1.75. The van der Waals surface area contributed by atoms with Crippen LogP contribution in [-0.4, -0.2) is 55.7 Å². The van der Waals surface area contributed by atoms with E-state index in [2.05, 4.69) is 27.8 Å². The van der Waals surface area contributed by atoms with Crippen LogP contribution < -0.4 is 10.6 Å². The van der Waals surface area contributed by atoms with Gasteiger partial charge in [-0.15, -0.1) is 35.7 Å². The predicted octanol–water partition coefficient (Wildman–Crippen LogP) is 3.79. The molecule has 0 radical (unpaired) electrons. The van der Waals surface area contributed by atoms with E-state index in [9.17, 15) is 9.18 Å². The number of hydrogen-bond donors (Lipinski definition) is 2. The average molecular weight is 556 g/mol. The van der Waals surface area contributed by atoms with Crippen LogP contribution >= 0.6 is 35.7 Å². The molecule has 1 unspecified atom stereocenters. The summed E-state index contributed by atoms with van der Waals surface area (Å²) in [6, 6.07) is 17.1. The maximum atomic E-state index is 13.6. The number of halogens is 2. The number of nitrogens with one attached hydrogen (secondary N) is 2. The summed E-state index contributed by atoms with van der Waals surface area (Å²) in [4.78, 5) is 19.2. The second kappa shape index (κ2) is 13.6. The molecule has 0 aromatic heterocycles. The van der Waals surface area contributed by atoms with Crippen molar-refractivity contribution in [1.82, 2.24) is 15.5 Å². The molecule has 5 nitrogen and oxygen atoms in total. The van der Waals surface area contributed by atoms with Crippen LogP contribution in [0.4, 0.5) is 4.39 Å². The Hall–Kier alpha value is -1.81. The van der Waals surface area contributed by atoms with Crippen LogP contribution in [0.25, 0.3) is 0 Å². The molecule has 2 aromatic rings. The largest absolute Gasteiger partial charge is 0.356 e. The molecule has 2 aromatic carbocycles. The summed E-state index contributed by atoms with van der Waals surface area (Å²) in [5, 5.41) is 6.56. The zero-order valence-electron chi connectivity index (χ0n) is 17.7. The van der Waals surface area contributed by atoms with Crippen molar-refractivity contribution in [1.29, 1.82) is 0 Å². The smallest absolute Gasteiger partial charge is 0.223 e. The number of benzene rings is 2. The Labute approximate surface area is 205 Å². The van der Waals surface area contributed by atoms with Crippen LogP contribution in [0.1, 0.15) is 12.0 Å². The van der Waals surface area contributed by atoms with Crippen LogP contribution in [0.5, 0.6) is 0 Å². The summed E-state index contributed by atoms with van der Waals surface area (Å²) in [6.07, 6.45) is 1.46. The number of nitrogens with zero attached hydrogens (tertiary/aromatic N) is 2. The van der Waals surface area contributed by atoms with Crippen molar-refractivity contribution in [2.75, 3.05) is 39.0 Å². The van der Waals surface area contributed by atoms with Crippen molar-refractivity contribution in [2.24, 2.45) is 10.9 Å². The molecule has 0 spiro atoms. The van der Waals surface area contributed by atoms with E-state index in [1.807, 2.05) is 29.2 Å². The summed E-state index contributed by atoms with van der Waals surface area (Å²) < 4.78 is 13.6. The first-order valence-electron chi connectivity index (χ1n) is 10.3. The van der Waals surface area contributed by atoms with Gasteiger partial charge in [-0.25, -0.2) is 4.39 Å². The minimum Gasteiger partial charge on any atom is -0.356 e. The number of aliphatic imine (C=N–C) groups is 1. The van der Waals surface area contributed by atoms with Gasteiger partial charge in [0.2, 0.25) is 5.91 Å². The Morgan fingerprint density at radius 2 is 1.90 bits per heavy atom. The Morgan fingerprint density at radius 3 is 2.65 bits per heavy atom. The highest BCUT2D eigenvalue weighted by atomic mass is 127. The molecule has 3 rings (SSSR count). The molecule has 0 aliphatic carbocycles. The van der Waals surface area contributed by atoms with Crippen LogP contribution in [-0.2, 0) is 11.2 Å². The Bertz CT molecular complexity index is 852. The fourth-order valence-electron chi connectivity index (χ4n) is 3.47. The second-order valence-corrected chi connectivity index (χ2v) is 8.44. The number of carbonyl (C=O) groups is 1. The van der Waals surface area contributed by atoms with Crippen molar-refractivity contribution < 1.29 is 9.18 Å². The van der Waals surface area contributed by atoms with E-state index in [4.69, 9.17) is 0 Å². The molecule has 0 bridgehead atoms. The first-order valence-corrected chi connectivity index (χ1v) is 11.3. The van der Waals surface area contributed by atoms with Gasteiger partial charge in [0.25, 0.3) is 0 Å². The first kappa shape index (κ1) is 25.5. The van der Waals surface area contributed by atoms with E-state index in [1.54, 1.807) is 19.2 Å². The summed E-state index contributed by atoms with van der Waals surface area (Å²) >= 11 is 1.48. The Morgan fingerprint density at radius 1 is 1.16 bits per heavy atom. The number of guanidine groups is 1. The third-order valence-corrected chi connectivity index (χ3v) is 6.13. The van der Waals surface area contributed by atoms with Gasteiger partial charge in [0.05, 0.1) is 0 Å². The number of thioether (sulfide) groups is 1. The monoisotopic (exact) mass is 556 g/mol. The predicted molar refractivity (Wildman–Crippen MR) is 137 cm³/mol. The molecule has 1 aliphatic heterocycles. The lowest BCUT2D eigenvalue weighted by atomic mass is 10.1. The zero-order valence-corrected chi connectivity index (χ0v) is 20.9. The van der Waals surface area contributed by atoms with Gasteiger partial charge in [-0.2, -0.15) is 0 Å². The van der Waals surface area contributed by atoms with Gasteiger partial charge < -0.3 is 15.5 Å². The molecule has 31 heavy (non-hydrogen) atoms. The molecule has 1 fully saturated rings. The maximum absolute atomic E-state index is 13.6. The molecule has 1 saturated heterocycles. The van der Waals surface area contributed by atoms with Gasteiger partial charge >= 0.3 is 0 Å². The molecule has 1 amide bonds. The lowest BCUT2D eigenvalue weighted by Crippen LogP contribution is -2.41. The minimum absolute atomic E-state index is 0. The van der Waals surface area contributed by atoms with E-state index in [-0.39, 0.29) is 41.6 Å². The Balaban J connectivity index is 0.00000341. The third-order valence-electron chi connectivity index (χ3n) is 5.08. The van der Waals surface area contributed by atoms with E-state index in [1.165, 1.54) is 23.4 Å². The van der Waals surface area contributed by atoms with Gasteiger partial charge in [-0.1, -0.05) is 42.5 Å². The standard InChI is InChI=1S/C23H29FN4OS.HI/c1-25-23(26-12-14-30-21-10-6-5-9-20(21)24)27-16-19-15-22(29)28(17-19)13-11-18-7-3-2-4-8-18;/h2-10,19H,11-17H2,1H3,(H2,25,26,27);1H. The number of hydrogen-bond acceptors (Lipinski definition) is 3. The summed E-state index contributed by atoms with van der Waals surface area (Å²) in [5.41, 5.74) is 1.25. The van der Waals surface area contributed by atoms with Crippen molar-refractivity contribution >= 4 is 47.6 Å². The Kier molecular flexibility index (Phi) is 11.1. The molecule has 2 N–H and O–H groups in total. The van der Waals surface area contributed by atoms with Crippen molar-refractivity contribution in [2.45, 2.75) is 17.7 Å². The van der Waals surface area contributed by atoms with Crippen molar-refractivity contribution in [3.8, 4) is 0 Å². The number of likely N-dealkylation sites (tertiary alicyclic amines) is 1. The number of rotatable bonds is 9. The highest BCUT2D eigenvalue weighted by Crippen LogP contribution is 2.20. The van der Waals surface area contributed by atoms with Gasteiger partial charge in [0.1, 0.15) is 5.82 Å². The second-order valence-electron chi connectivity index (χ2n) is 7.30. The van der Waals surface area contributed by atoms with Crippen LogP contribution in [0, 0.1) is 11.7 Å². The van der Waals surface area contributed by atoms with Crippen molar-refractivity contribution in [3.05, 3.63) is 66.0 Å². The van der Waals surface area contributed by atoms with Gasteiger partial charge in [0, 0.05) is 56.2 Å². The lowest BCUT2D eigenvalue weighted by Gasteiger charge is -2.18. The molecular formula is C23H30FIN4OS. The van der Waals surface area contributed by atoms with E-state index < -0.39 is 0 Å². The van der Waals surface area contributed by atoms with E-state index in [0.29, 0.717) is 30.4 Å². The van der Waals surface area contributed by atoms with E-state index in [0.717, 1.165) is 25.3 Å². The molecule has 1 heterocycles. The highest BCUT2D eigenvalue weighted by molar-refractivity contribution is 14.0. The van der Waals surface area contributed by atoms with Crippen LogP contribution in [0.15, 0.2) is 64.5 Å². The first-order chi connectivity index (χ1) is 14.7. The third kappa shape index (κ3) is 8.33. The topological polar surface area (TPSA) is 56.7 Å². The minimum atomic E-state index is -0.187. The fourth-order valence-corrected chi connectivity index (χ4v) is 4.27.